The molecule has 5 aromatic rings. The topological polar surface area (TPSA) is 81.2 Å². The summed E-state index contributed by atoms with van der Waals surface area (Å²) in [6.07, 6.45) is 8.04. The van der Waals surface area contributed by atoms with Crippen LogP contribution in [0.2, 0.25) is 0 Å². The molecule has 0 bridgehead atoms. The smallest absolute Gasteiger partial charge is 0.244 e. The number of nitrogens with zero attached hydrogens (tertiary/aromatic N) is 2. The number of aromatic amines is 1. The second-order valence-electron chi connectivity index (χ2n) is 8.81. The molecule has 0 atom stereocenters. The van der Waals surface area contributed by atoms with Gasteiger partial charge < -0.3 is 19.8 Å². The molecule has 7 heteroatoms. The van der Waals surface area contributed by atoms with Crippen LogP contribution < -0.4 is 14.8 Å². The van der Waals surface area contributed by atoms with Gasteiger partial charge in [-0.15, -0.1) is 0 Å². The van der Waals surface area contributed by atoms with E-state index in [4.69, 9.17) is 14.6 Å². The minimum absolute atomic E-state index is 0.152. The molecule has 0 aliphatic carbocycles. The van der Waals surface area contributed by atoms with Crippen molar-refractivity contribution in [2.24, 2.45) is 0 Å². The second kappa shape index (κ2) is 10.1. The van der Waals surface area contributed by atoms with E-state index < -0.39 is 0 Å². The van der Waals surface area contributed by atoms with E-state index in [-0.39, 0.29) is 5.91 Å². The lowest BCUT2D eigenvalue weighted by Gasteiger charge is -2.18. The Balaban J connectivity index is 1.21. The molecule has 3 aromatic carbocycles. The maximum Gasteiger partial charge on any atom is 0.244 e. The summed E-state index contributed by atoms with van der Waals surface area (Å²) in [7, 11) is 0. The van der Waals surface area contributed by atoms with Crippen LogP contribution in [0.5, 0.6) is 11.5 Å². The van der Waals surface area contributed by atoms with E-state index in [0.717, 1.165) is 40.2 Å². The van der Waals surface area contributed by atoms with Crippen molar-refractivity contribution in [2.45, 2.75) is 6.42 Å². The van der Waals surface area contributed by atoms with Crippen LogP contribution >= 0.6 is 0 Å². The highest BCUT2D eigenvalue weighted by Crippen LogP contribution is 2.35. The molecule has 1 amide bonds. The quantitative estimate of drug-likeness (QED) is 0.309. The van der Waals surface area contributed by atoms with Crippen LogP contribution in [0.15, 0.2) is 91.3 Å². The number of fused-ring (bicyclic) bond motifs is 2. The van der Waals surface area contributed by atoms with Crippen molar-refractivity contribution in [3.8, 4) is 28.4 Å². The van der Waals surface area contributed by atoms with Gasteiger partial charge >= 0.3 is 0 Å². The largest absolute Gasteiger partial charge is 0.486 e. The highest BCUT2D eigenvalue weighted by molar-refractivity contribution is 5.93. The predicted molar refractivity (Wildman–Crippen MR) is 144 cm³/mol. The summed E-state index contributed by atoms with van der Waals surface area (Å²) >= 11 is 0. The third-order valence-electron chi connectivity index (χ3n) is 6.36. The van der Waals surface area contributed by atoms with Gasteiger partial charge in [0.15, 0.2) is 11.5 Å². The monoisotopic (exact) mass is 490 g/mol. The molecular formula is C30H26N4O3. The van der Waals surface area contributed by atoms with Gasteiger partial charge in [0.05, 0.1) is 5.69 Å². The maximum atomic E-state index is 12.7. The Morgan fingerprint density at radius 1 is 1.00 bits per heavy atom. The molecule has 37 heavy (non-hydrogen) atoms. The Hall–Kier alpha value is -4.78. The number of hydrogen-bond acceptors (Lipinski definition) is 4. The zero-order valence-corrected chi connectivity index (χ0v) is 20.2. The summed E-state index contributed by atoms with van der Waals surface area (Å²) in [6, 6.07) is 23.9. The average Bonchev–Trinajstić information content (AvgIpc) is 3.57. The van der Waals surface area contributed by atoms with Gasteiger partial charge in [-0.25, -0.2) is 4.68 Å². The maximum absolute atomic E-state index is 12.7. The standard InChI is InChI=1S/C30H26N4O3/c35-29(31-15-14-22-19-32-26-9-5-4-8-25(22)26)13-11-23-20-34(24-6-2-1-3-7-24)33-30(23)21-10-12-27-28(18-21)37-17-16-36-27/h1-13,18-20,32H,14-17H2,(H,31,35)/b13-11+. The number of para-hydroxylation sites is 2. The summed E-state index contributed by atoms with van der Waals surface area (Å²) in [5, 5.41) is 9.01. The van der Waals surface area contributed by atoms with E-state index in [9.17, 15) is 4.79 Å². The van der Waals surface area contributed by atoms with E-state index >= 15 is 0 Å². The lowest BCUT2D eigenvalue weighted by atomic mass is 10.1. The first-order valence-corrected chi connectivity index (χ1v) is 12.3. The number of carbonyl (C=O) groups is 1. The zero-order chi connectivity index (χ0) is 25.0. The molecule has 184 valence electrons. The molecule has 0 fully saturated rings. The van der Waals surface area contributed by atoms with E-state index in [1.165, 1.54) is 10.9 Å². The minimum atomic E-state index is -0.152. The van der Waals surface area contributed by atoms with Crippen LogP contribution in [0.1, 0.15) is 11.1 Å². The van der Waals surface area contributed by atoms with Gasteiger partial charge in [-0.3, -0.25) is 4.79 Å². The molecule has 0 radical (unpaired) electrons. The van der Waals surface area contributed by atoms with Crippen LogP contribution in [-0.4, -0.2) is 40.4 Å². The molecule has 1 aliphatic rings. The molecule has 0 unspecified atom stereocenters. The number of benzene rings is 3. The third kappa shape index (κ3) is 4.84. The van der Waals surface area contributed by atoms with Crippen molar-refractivity contribution in [1.29, 1.82) is 0 Å². The van der Waals surface area contributed by atoms with E-state index in [1.807, 2.05) is 77.7 Å². The van der Waals surface area contributed by atoms with Crippen LogP contribution in [0.3, 0.4) is 0 Å². The highest BCUT2D eigenvalue weighted by atomic mass is 16.6. The molecular weight excluding hydrogens is 464 g/mol. The van der Waals surface area contributed by atoms with E-state index in [1.54, 1.807) is 12.2 Å². The number of aromatic nitrogens is 3. The van der Waals surface area contributed by atoms with Crippen molar-refractivity contribution in [1.82, 2.24) is 20.1 Å². The number of H-pyrrole nitrogens is 1. The van der Waals surface area contributed by atoms with E-state index in [0.29, 0.717) is 25.5 Å². The molecule has 3 heterocycles. The fraction of sp³-hybridized carbons (Fsp3) is 0.133. The fourth-order valence-electron chi connectivity index (χ4n) is 4.52. The average molecular weight is 491 g/mol. The molecule has 6 rings (SSSR count). The first kappa shape index (κ1) is 22.7. The van der Waals surface area contributed by atoms with Gasteiger partial charge in [0, 0.05) is 47.0 Å². The van der Waals surface area contributed by atoms with Crippen molar-refractivity contribution in [2.75, 3.05) is 19.8 Å². The molecule has 1 aliphatic heterocycles. The zero-order valence-electron chi connectivity index (χ0n) is 20.2. The summed E-state index contributed by atoms with van der Waals surface area (Å²) in [5.41, 5.74) is 5.69. The van der Waals surface area contributed by atoms with Crippen molar-refractivity contribution >= 4 is 22.9 Å². The van der Waals surface area contributed by atoms with Gasteiger partial charge in [-0.1, -0.05) is 36.4 Å². The van der Waals surface area contributed by atoms with E-state index in [2.05, 4.69) is 22.4 Å². The SMILES string of the molecule is O=C(/C=C/c1cn(-c2ccccc2)nc1-c1ccc2c(c1)OCCO2)NCCc1c[nH]c2ccccc12. The number of amides is 1. The summed E-state index contributed by atoms with van der Waals surface area (Å²) < 4.78 is 13.3. The number of ether oxygens (including phenoxy) is 2. The Kier molecular flexibility index (Phi) is 6.17. The van der Waals surface area contributed by atoms with Crippen LogP contribution in [0, 0.1) is 0 Å². The Bertz CT molecular complexity index is 1580. The van der Waals surface area contributed by atoms with Gasteiger partial charge in [-0.2, -0.15) is 5.10 Å². The predicted octanol–water partition coefficient (Wildman–Crippen LogP) is 5.16. The Morgan fingerprint density at radius 3 is 2.70 bits per heavy atom. The summed E-state index contributed by atoms with van der Waals surface area (Å²) in [6.45, 7) is 1.60. The molecule has 0 saturated heterocycles. The molecule has 0 saturated carbocycles. The molecule has 2 aromatic heterocycles. The summed E-state index contributed by atoms with van der Waals surface area (Å²) in [4.78, 5) is 15.9. The molecule has 7 nitrogen and oxygen atoms in total. The van der Waals surface area contributed by atoms with Crippen LogP contribution in [-0.2, 0) is 11.2 Å². The summed E-state index contributed by atoms with van der Waals surface area (Å²) in [5.74, 6) is 1.27. The number of carbonyl (C=O) groups excluding carboxylic acids is 1. The van der Waals surface area contributed by atoms with Gasteiger partial charge in [0.1, 0.15) is 18.9 Å². The van der Waals surface area contributed by atoms with Gasteiger partial charge in [-0.05, 0) is 54.5 Å². The molecule has 0 spiro atoms. The first-order valence-electron chi connectivity index (χ1n) is 12.3. The van der Waals surface area contributed by atoms with Crippen molar-refractivity contribution in [3.63, 3.8) is 0 Å². The number of rotatable bonds is 7. The normalized spacial score (nSPS) is 12.8. The second-order valence-corrected chi connectivity index (χ2v) is 8.81. The Morgan fingerprint density at radius 2 is 1.81 bits per heavy atom. The fourth-order valence-corrected chi connectivity index (χ4v) is 4.52. The van der Waals surface area contributed by atoms with Crippen molar-refractivity contribution < 1.29 is 14.3 Å². The lowest BCUT2D eigenvalue weighted by molar-refractivity contribution is -0.116. The third-order valence-corrected chi connectivity index (χ3v) is 6.36. The number of hydrogen-bond donors (Lipinski definition) is 2. The van der Waals surface area contributed by atoms with Crippen LogP contribution in [0.25, 0.3) is 33.9 Å². The minimum Gasteiger partial charge on any atom is -0.486 e. The first-order chi connectivity index (χ1) is 18.2. The Labute approximate surface area is 214 Å². The van der Waals surface area contributed by atoms with Gasteiger partial charge in [0.2, 0.25) is 5.91 Å². The lowest BCUT2D eigenvalue weighted by Crippen LogP contribution is -2.23. The van der Waals surface area contributed by atoms with Gasteiger partial charge in [0.25, 0.3) is 0 Å². The van der Waals surface area contributed by atoms with Crippen molar-refractivity contribution in [3.05, 3.63) is 102 Å². The highest BCUT2D eigenvalue weighted by Gasteiger charge is 2.16. The number of nitrogens with one attached hydrogen (secondary N) is 2. The molecule has 2 N–H and O–H groups in total. The van der Waals surface area contributed by atoms with Crippen LogP contribution in [0.4, 0.5) is 0 Å².